The van der Waals surface area contributed by atoms with E-state index in [0.717, 1.165) is 26.3 Å². The number of ether oxygens (including phenoxy) is 1. The average molecular weight is 608 g/mol. The molecule has 12 heteroatoms. The lowest BCUT2D eigenvalue weighted by atomic mass is 10.0. The third-order valence-electron chi connectivity index (χ3n) is 6.74. The number of halogens is 2. The largest absolute Gasteiger partial charge is 0.383 e. The first kappa shape index (κ1) is 31.3. The molecule has 0 unspecified atom stereocenters. The predicted molar refractivity (Wildman–Crippen MR) is 163 cm³/mol. The molecule has 4 aromatic rings. The monoisotopic (exact) mass is 607 g/mol. The van der Waals surface area contributed by atoms with Gasteiger partial charge in [-0.25, -0.2) is 14.2 Å². The lowest BCUT2D eigenvalue weighted by molar-refractivity contribution is -0.117. The number of carbonyl (C=O) groups excluding carboxylic acids is 2. The van der Waals surface area contributed by atoms with Crippen molar-refractivity contribution in [3.05, 3.63) is 110 Å². The van der Waals surface area contributed by atoms with Crippen LogP contribution in [0.25, 0.3) is 11.1 Å². The number of aromatic nitrogens is 3. The molecule has 10 nitrogen and oxygen atoms in total. The van der Waals surface area contributed by atoms with Crippen LogP contribution >= 0.6 is 11.6 Å². The zero-order valence-electron chi connectivity index (χ0n) is 23.9. The van der Waals surface area contributed by atoms with Crippen LogP contribution in [0.1, 0.15) is 31.0 Å². The molecule has 43 heavy (non-hydrogen) atoms. The van der Waals surface area contributed by atoms with Gasteiger partial charge in [-0.1, -0.05) is 42.8 Å². The van der Waals surface area contributed by atoms with E-state index in [1.54, 1.807) is 43.5 Å². The van der Waals surface area contributed by atoms with Crippen LogP contribution in [0, 0.1) is 5.82 Å². The first-order valence-corrected chi connectivity index (χ1v) is 13.9. The third kappa shape index (κ3) is 7.43. The number of rotatable bonds is 11. The number of methoxy groups -OCH3 is 1. The molecule has 0 saturated heterocycles. The average Bonchev–Trinajstić information content (AvgIpc) is 2.97. The highest BCUT2D eigenvalue weighted by atomic mass is 35.5. The summed E-state index contributed by atoms with van der Waals surface area (Å²) in [6.45, 7) is 3.17. The van der Waals surface area contributed by atoms with Crippen molar-refractivity contribution in [3.8, 4) is 11.1 Å². The summed E-state index contributed by atoms with van der Waals surface area (Å²) in [5.74, 6) is -1.12. The molecule has 0 spiro atoms. The van der Waals surface area contributed by atoms with Crippen molar-refractivity contribution in [1.82, 2.24) is 14.1 Å². The quantitative estimate of drug-likeness (QED) is 0.260. The molecule has 0 aliphatic carbocycles. The second kappa shape index (κ2) is 14.0. The molecule has 0 radical (unpaired) electrons. The van der Waals surface area contributed by atoms with Crippen LogP contribution in [-0.2, 0) is 33.7 Å². The Balaban J connectivity index is 1.62. The van der Waals surface area contributed by atoms with Gasteiger partial charge in [0, 0.05) is 30.8 Å². The number of nitrogens with one attached hydrogen (secondary N) is 2. The fourth-order valence-corrected chi connectivity index (χ4v) is 4.93. The van der Waals surface area contributed by atoms with Gasteiger partial charge in [0.15, 0.2) is 0 Å². The summed E-state index contributed by atoms with van der Waals surface area (Å²) in [4.78, 5) is 56.7. The highest BCUT2D eigenvalue weighted by molar-refractivity contribution is 6.33. The van der Waals surface area contributed by atoms with Gasteiger partial charge in [-0.05, 0) is 54.8 Å². The predicted octanol–water partition coefficient (Wildman–Crippen LogP) is 4.45. The molecular weight excluding hydrogens is 577 g/mol. The van der Waals surface area contributed by atoms with E-state index in [2.05, 4.69) is 15.6 Å². The van der Waals surface area contributed by atoms with E-state index in [9.17, 15) is 23.6 Å². The maximum atomic E-state index is 14.3. The molecule has 224 valence electrons. The number of nitrogens with zero attached hydrogens (tertiary/aromatic N) is 3. The van der Waals surface area contributed by atoms with Crippen molar-refractivity contribution >= 4 is 34.9 Å². The van der Waals surface area contributed by atoms with Crippen LogP contribution in [0.15, 0.2) is 76.6 Å². The van der Waals surface area contributed by atoms with Crippen molar-refractivity contribution in [3.63, 3.8) is 0 Å². The fraction of sp³-hybridized carbons (Fsp3) is 0.258. The Kier molecular flexibility index (Phi) is 10.2. The standard InChI is InChI=1S/C31H31ClFN5O5/c1-4-20-11-12-22(14-21(20)15-27(39)36-26-10-5-6-13-34-26)35-28(40)17-37-16-24(23-8-7-9-25(33)29(23)32)30(41)38(31(37)42)19(2)18-43-3/h5-14,16,19H,4,15,17-18H2,1-3H3,(H,35,40)(H,34,36,39)/t19-/m1/s1. The minimum absolute atomic E-state index is 0.0438. The Labute approximate surface area is 252 Å². The number of hydrogen-bond donors (Lipinski definition) is 2. The summed E-state index contributed by atoms with van der Waals surface area (Å²) in [7, 11) is 1.43. The summed E-state index contributed by atoms with van der Waals surface area (Å²) in [6.07, 6.45) is 3.51. The molecule has 2 N–H and O–H groups in total. The van der Waals surface area contributed by atoms with Crippen LogP contribution in [0.3, 0.4) is 0 Å². The van der Waals surface area contributed by atoms with E-state index < -0.39 is 35.6 Å². The maximum Gasteiger partial charge on any atom is 0.331 e. The minimum Gasteiger partial charge on any atom is -0.383 e. The van der Waals surface area contributed by atoms with Gasteiger partial charge in [0.05, 0.1) is 29.7 Å². The van der Waals surface area contributed by atoms with Crippen molar-refractivity contribution < 1.29 is 18.7 Å². The number of pyridine rings is 1. The molecule has 0 aliphatic rings. The molecule has 2 heterocycles. The Morgan fingerprint density at radius 3 is 2.51 bits per heavy atom. The smallest absolute Gasteiger partial charge is 0.331 e. The van der Waals surface area contributed by atoms with E-state index in [0.29, 0.717) is 17.9 Å². The van der Waals surface area contributed by atoms with Gasteiger partial charge in [-0.15, -0.1) is 0 Å². The van der Waals surface area contributed by atoms with E-state index in [-0.39, 0.29) is 35.1 Å². The third-order valence-corrected chi connectivity index (χ3v) is 7.13. The highest BCUT2D eigenvalue weighted by Gasteiger charge is 2.21. The number of carbonyl (C=O) groups is 2. The SMILES string of the molecule is CCc1ccc(NC(=O)Cn2cc(-c3cccc(F)c3Cl)c(=O)n([C@H](C)COC)c2=O)cc1CC(=O)Nc1ccccn1. The molecule has 0 bridgehead atoms. The lowest BCUT2D eigenvalue weighted by Crippen LogP contribution is -2.44. The van der Waals surface area contributed by atoms with Crippen LogP contribution in [0.4, 0.5) is 15.9 Å². The molecule has 0 fully saturated rings. The van der Waals surface area contributed by atoms with Crippen LogP contribution < -0.4 is 21.9 Å². The van der Waals surface area contributed by atoms with Crippen molar-refractivity contribution in [2.24, 2.45) is 0 Å². The summed E-state index contributed by atoms with van der Waals surface area (Å²) < 4.78 is 21.4. The molecule has 2 aromatic heterocycles. The van der Waals surface area contributed by atoms with Gasteiger partial charge >= 0.3 is 5.69 Å². The van der Waals surface area contributed by atoms with Crippen LogP contribution in [0.5, 0.6) is 0 Å². The number of hydrogen-bond acceptors (Lipinski definition) is 6. The molecule has 1 atom stereocenters. The summed E-state index contributed by atoms with van der Waals surface area (Å²) in [6, 6.07) is 13.8. The normalized spacial score (nSPS) is 11.7. The molecule has 2 amide bonds. The van der Waals surface area contributed by atoms with Crippen LogP contribution in [-0.4, -0.2) is 39.6 Å². The van der Waals surface area contributed by atoms with Gasteiger partial charge in [0.2, 0.25) is 11.8 Å². The van der Waals surface area contributed by atoms with Gasteiger partial charge in [-0.2, -0.15) is 0 Å². The van der Waals surface area contributed by atoms with Gasteiger partial charge in [0.25, 0.3) is 5.56 Å². The molecule has 0 saturated carbocycles. The van der Waals surface area contributed by atoms with Crippen LogP contribution in [0.2, 0.25) is 5.02 Å². The number of anilines is 2. The second-order valence-corrected chi connectivity index (χ2v) is 10.2. The van der Waals surface area contributed by atoms with Gasteiger partial charge in [0.1, 0.15) is 18.2 Å². The summed E-state index contributed by atoms with van der Waals surface area (Å²) >= 11 is 6.17. The Morgan fingerprint density at radius 1 is 1.02 bits per heavy atom. The number of benzene rings is 2. The summed E-state index contributed by atoms with van der Waals surface area (Å²) in [5, 5.41) is 5.23. The first-order valence-electron chi connectivity index (χ1n) is 13.5. The Bertz CT molecular complexity index is 1760. The first-order chi connectivity index (χ1) is 20.6. The van der Waals surface area contributed by atoms with E-state index in [1.165, 1.54) is 25.4 Å². The van der Waals surface area contributed by atoms with E-state index in [1.807, 2.05) is 13.0 Å². The van der Waals surface area contributed by atoms with Crippen molar-refractivity contribution in [2.75, 3.05) is 24.4 Å². The Morgan fingerprint density at radius 2 is 1.81 bits per heavy atom. The van der Waals surface area contributed by atoms with E-state index >= 15 is 0 Å². The zero-order chi connectivity index (χ0) is 31.1. The lowest BCUT2D eigenvalue weighted by Gasteiger charge is -2.18. The molecule has 4 rings (SSSR count). The molecule has 2 aromatic carbocycles. The van der Waals surface area contributed by atoms with Crippen molar-refractivity contribution in [2.45, 2.75) is 39.3 Å². The van der Waals surface area contributed by atoms with Gasteiger partial charge in [-0.3, -0.25) is 23.5 Å². The highest BCUT2D eigenvalue weighted by Crippen LogP contribution is 2.28. The second-order valence-electron chi connectivity index (χ2n) is 9.86. The van der Waals surface area contributed by atoms with Crippen molar-refractivity contribution in [1.29, 1.82) is 0 Å². The minimum atomic E-state index is -0.741. The molecule has 0 aliphatic heterocycles. The molecular formula is C31H31ClFN5O5. The number of aryl methyl sites for hydroxylation is 1. The van der Waals surface area contributed by atoms with E-state index in [4.69, 9.17) is 16.3 Å². The maximum absolute atomic E-state index is 14.3. The topological polar surface area (TPSA) is 124 Å². The summed E-state index contributed by atoms with van der Waals surface area (Å²) in [5.41, 5.74) is 0.676. The van der Waals surface area contributed by atoms with Gasteiger partial charge < -0.3 is 15.4 Å². The zero-order valence-corrected chi connectivity index (χ0v) is 24.7. The Hall–Kier alpha value is -4.61. The fourth-order valence-electron chi connectivity index (χ4n) is 4.70. The number of amides is 2.